The van der Waals surface area contributed by atoms with Crippen molar-refractivity contribution in [2.45, 2.75) is 32.4 Å². The highest BCUT2D eigenvalue weighted by Gasteiger charge is 2.38. The van der Waals surface area contributed by atoms with Crippen LogP contribution in [0.15, 0.2) is 97.2 Å². The van der Waals surface area contributed by atoms with Gasteiger partial charge in [-0.05, 0) is 37.5 Å². The van der Waals surface area contributed by atoms with Crippen LogP contribution < -0.4 is 21.3 Å². The van der Waals surface area contributed by atoms with E-state index in [2.05, 4.69) is 62.8 Å². The van der Waals surface area contributed by atoms with Crippen molar-refractivity contribution >= 4 is 23.5 Å². The fourth-order valence-corrected chi connectivity index (χ4v) is 4.37. The van der Waals surface area contributed by atoms with E-state index < -0.39 is 16.9 Å². The first-order chi connectivity index (χ1) is 19.6. The van der Waals surface area contributed by atoms with Crippen molar-refractivity contribution < 1.29 is 14.7 Å². The van der Waals surface area contributed by atoms with Gasteiger partial charge < -0.3 is 26.4 Å². The van der Waals surface area contributed by atoms with Crippen LogP contribution in [0.3, 0.4) is 0 Å². The number of nitrogens with zero attached hydrogens (tertiary/aromatic N) is 2. The summed E-state index contributed by atoms with van der Waals surface area (Å²) < 4.78 is 1.75. The number of carboxylic acid groups (broad SMARTS) is 1. The second-order valence-corrected chi connectivity index (χ2v) is 11.0. The Morgan fingerprint density at radius 1 is 0.854 bits per heavy atom. The van der Waals surface area contributed by atoms with E-state index >= 15 is 0 Å². The zero-order chi connectivity index (χ0) is 29.5. The molecule has 1 saturated heterocycles. The van der Waals surface area contributed by atoms with Crippen LogP contribution in [0.4, 0.5) is 16.3 Å². The molecule has 0 spiro atoms. The lowest BCUT2D eigenvalue weighted by Crippen LogP contribution is -2.57. The zero-order valence-corrected chi connectivity index (χ0v) is 23.9. The molecule has 41 heavy (non-hydrogen) atoms. The fourth-order valence-electron chi connectivity index (χ4n) is 4.37. The van der Waals surface area contributed by atoms with Gasteiger partial charge in [-0.25, -0.2) is 4.79 Å². The average molecular weight is 555 g/mol. The van der Waals surface area contributed by atoms with E-state index in [1.54, 1.807) is 31.6 Å². The predicted octanol–water partition coefficient (Wildman–Crippen LogP) is 5.03. The number of rotatable bonds is 7. The van der Waals surface area contributed by atoms with Crippen LogP contribution in [-0.2, 0) is 17.4 Å². The summed E-state index contributed by atoms with van der Waals surface area (Å²) in [5.74, 6) is -0.0501. The van der Waals surface area contributed by atoms with E-state index in [0.29, 0.717) is 11.5 Å². The molecule has 1 aliphatic rings. The third-order valence-corrected chi connectivity index (χ3v) is 6.87. The van der Waals surface area contributed by atoms with Crippen LogP contribution in [-0.4, -0.2) is 46.0 Å². The maximum absolute atomic E-state index is 12.6. The number of urea groups is 1. The van der Waals surface area contributed by atoms with E-state index in [1.807, 2.05) is 61.6 Å². The van der Waals surface area contributed by atoms with E-state index in [9.17, 15) is 9.59 Å². The van der Waals surface area contributed by atoms with Crippen molar-refractivity contribution in [3.05, 3.63) is 114 Å². The molecule has 0 radical (unpaired) electrons. The van der Waals surface area contributed by atoms with Gasteiger partial charge in [-0.15, -0.1) is 0 Å². The maximum Gasteiger partial charge on any atom is 0.319 e. The Kier molecular flexibility index (Phi) is 9.09. The van der Waals surface area contributed by atoms with Crippen LogP contribution >= 0.6 is 0 Å². The monoisotopic (exact) mass is 554 g/mol. The van der Waals surface area contributed by atoms with Crippen molar-refractivity contribution in [2.24, 2.45) is 12.5 Å². The third kappa shape index (κ3) is 6.93. The van der Waals surface area contributed by atoms with Gasteiger partial charge in [0.2, 0.25) is 0 Å². The Morgan fingerprint density at radius 2 is 1.29 bits per heavy atom. The van der Waals surface area contributed by atoms with Crippen LogP contribution in [0.2, 0.25) is 0 Å². The number of anilines is 2. The van der Waals surface area contributed by atoms with E-state index in [0.717, 1.165) is 29.8 Å². The Labute approximate surface area is 241 Å². The molecule has 214 valence electrons. The maximum atomic E-state index is 12.6. The Morgan fingerprint density at radius 3 is 1.66 bits per heavy atom. The molecule has 2 heterocycles. The third-order valence-electron chi connectivity index (χ3n) is 6.87. The van der Waals surface area contributed by atoms with Gasteiger partial charge in [0.1, 0.15) is 17.0 Å². The number of hydrogen-bond donors (Lipinski definition) is 5. The molecule has 0 aliphatic carbocycles. The van der Waals surface area contributed by atoms with Crippen LogP contribution in [0.5, 0.6) is 0 Å². The molecule has 1 aromatic heterocycles. The highest BCUT2D eigenvalue weighted by atomic mass is 16.4. The number of nitrogens with one attached hydrogen (secondary N) is 4. The Hall–Kier alpha value is -4.63. The van der Waals surface area contributed by atoms with Gasteiger partial charge in [-0.2, -0.15) is 5.10 Å². The van der Waals surface area contributed by atoms with E-state index in [1.165, 1.54) is 0 Å². The molecule has 1 fully saturated rings. The highest BCUT2D eigenvalue weighted by molar-refractivity contribution is 5.92. The normalized spacial score (nSPS) is 13.3. The molecule has 5 rings (SSSR count). The number of hydrogen-bond acceptors (Lipinski definition) is 5. The molecule has 9 heteroatoms. The summed E-state index contributed by atoms with van der Waals surface area (Å²) in [6.07, 6.45) is 1.67. The second-order valence-electron chi connectivity index (χ2n) is 11.0. The first-order valence-corrected chi connectivity index (χ1v) is 13.6. The van der Waals surface area contributed by atoms with Gasteiger partial charge in [0, 0.05) is 20.1 Å². The molecule has 5 N–H and O–H groups in total. The van der Waals surface area contributed by atoms with E-state index in [4.69, 9.17) is 5.11 Å². The summed E-state index contributed by atoms with van der Waals surface area (Å²) >= 11 is 0. The standard InChI is InChI=1S/C27H28N6O.C5H10O2/c1-33-25(24(19-29-33)31-26(34)30-23-17-28-18-23)32-27(20-11-5-2-6-12-20,21-13-7-3-8-14-21)22-15-9-4-10-16-22;1-5(2,3)4(6)7/h2-16,19,23,28,32H,17-18H2,1H3,(H2,30,31,34);1-3H3,(H,6,7). The molecule has 4 aromatic rings. The average Bonchev–Trinajstić information content (AvgIpc) is 3.28. The summed E-state index contributed by atoms with van der Waals surface area (Å²) in [5, 5.41) is 25.6. The quantitative estimate of drug-likeness (QED) is 0.204. The minimum absolute atomic E-state index is 0.144. The number of aliphatic carboxylic acids is 1. The lowest BCUT2D eigenvalue weighted by Gasteiger charge is -2.38. The summed E-state index contributed by atoms with van der Waals surface area (Å²) in [5.41, 5.74) is 2.53. The fraction of sp³-hybridized carbons (Fsp3) is 0.281. The number of benzene rings is 3. The van der Waals surface area contributed by atoms with E-state index in [-0.39, 0.29) is 12.1 Å². The number of amides is 2. The minimum Gasteiger partial charge on any atom is -0.481 e. The van der Waals surface area contributed by atoms with Crippen molar-refractivity contribution in [1.82, 2.24) is 20.4 Å². The van der Waals surface area contributed by atoms with Gasteiger partial charge in [0.05, 0.1) is 17.7 Å². The summed E-state index contributed by atoms with van der Waals surface area (Å²) in [4.78, 5) is 22.7. The SMILES string of the molecule is CC(C)(C)C(=O)O.Cn1ncc(NC(=O)NC2CNC2)c1NC(c1ccccc1)(c1ccccc1)c1ccccc1. The van der Waals surface area contributed by atoms with Gasteiger partial charge in [-0.1, -0.05) is 91.0 Å². The molecular formula is C32H38N6O3. The largest absolute Gasteiger partial charge is 0.481 e. The lowest BCUT2D eigenvalue weighted by molar-refractivity contribution is -0.145. The number of carbonyl (C=O) groups excluding carboxylic acids is 1. The summed E-state index contributed by atoms with van der Waals surface area (Å²) in [6, 6.07) is 30.9. The summed E-state index contributed by atoms with van der Waals surface area (Å²) in [6.45, 7) is 6.55. The van der Waals surface area contributed by atoms with Crippen LogP contribution in [0, 0.1) is 5.41 Å². The number of aryl methyl sites for hydroxylation is 1. The molecule has 0 saturated carbocycles. The highest BCUT2D eigenvalue weighted by Crippen LogP contribution is 2.41. The predicted molar refractivity (Wildman–Crippen MR) is 162 cm³/mol. The van der Waals surface area contributed by atoms with Crippen molar-refractivity contribution in [3.63, 3.8) is 0 Å². The van der Waals surface area contributed by atoms with Gasteiger partial charge >= 0.3 is 12.0 Å². The molecule has 0 unspecified atom stereocenters. The molecule has 2 amide bonds. The Balaban J connectivity index is 0.000000493. The van der Waals surface area contributed by atoms with Crippen molar-refractivity contribution in [1.29, 1.82) is 0 Å². The topological polar surface area (TPSA) is 120 Å². The van der Waals surface area contributed by atoms with Gasteiger partial charge in [-0.3, -0.25) is 9.48 Å². The molecule has 0 bridgehead atoms. The second kappa shape index (κ2) is 12.7. The summed E-state index contributed by atoms with van der Waals surface area (Å²) in [7, 11) is 1.87. The first kappa shape index (κ1) is 29.4. The first-order valence-electron chi connectivity index (χ1n) is 13.6. The Bertz CT molecular complexity index is 1330. The molecule has 0 atom stereocenters. The number of carboxylic acids is 1. The number of carbonyl (C=O) groups is 2. The lowest BCUT2D eigenvalue weighted by atomic mass is 9.77. The molecular weight excluding hydrogens is 516 g/mol. The zero-order valence-electron chi connectivity index (χ0n) is 23.9. The van der Waals surface area contributed by atoms with Crippen molar-refractivity contribution in [3.8, 4) is 0 Å². The van der Waals surface area contributed by atoms with Crippen LogP contribution in [0.1, 0.15) is 37.5 Å². The van der Waals surface area contributed by atoms with Gasteiger partial charge in [0.25, 0.3) is 0 Å². The van der Waals surface area contributed by atoms with Gasteiger partial charge in [0.15, 0.2) is 0 Å². The molecule has 3 aromatic carbocycles. The molecule has 9 nitrogen and oxygen atoms in total. The molecule has 1 aliphatic heterocycles. The van der Waals surface area contributed by atoms with Crippen molar-refractivity contribution in [2.75, 3.05) is 23.7 Å². The van der Waals surface area contributed by atoms with Crippen LogP contribution in [0.25, 0.3) is 0 Å². The minimum atomic E-state index is -0.757. The smallest absolute Gasteiger partial charge is 0.319 e. The number of aromatic nitrogens is 2.